The van der Waals surface area contributed by atoms with Crippen LogP contribution >= 0.6 is 0 Å². The van der Waals surface area contributed by atoms with Crippen LogP contribution in [0, 0.1) is 6.92 Å². The highest BCUT2D eigenvalue weighted by Crippen LogP contribution is 2.50. The molecule has 4 heteroatoms. The van der Waals surface area contributed by atoms with Gasteiger partial charge >= 0.3 is 0 Å². The van der Waals surface area contributed by atoms with Crippen molar-refractivity contribution in [3.8, 4) is 44.5 Å². The van der Waals surface area contributed by atoms with Crippen LogP contribution in [0.2, 0.25) is 0 Å². The zero-order chi connectivity index (χ0) is 37.7. The van der Waals surface area contributed by atoms with Crippen molar-refractivity contribution in [1.82, 2.24) is 14.2 Å². The van der Waals surface area contributed by atoms with E-state index in [0.717, 1.165) is 16.9 Å². The molecule has 0 bridgehead atoms. The molecule has 2 aromatic heterocycles. The lowest BCUT2D eigenvalue weighted by Crippen LogP contribution is -2.35. The smallest absolute Gasteiger partial charge is 0.203 e. The van der Waals surface area contributed by atoms with Gasteiger partial charge in [-0.15, -0.1) is 4.68 Å². The van der Waals surface area contributed by atoms with Crippen molar-refractivity contribution in [2.45, 2.75) is 6.92 Å². The number of rotatable bonds is 4. The van der Waals surface area contributed by atoms with Crippen LogP contribution in [0.15, 0.2) is 164 Å². The second-order valence-electron chi connectivity index (χ2n) is 15.2. The Hall–Kier alpha value is -7.04. The zero-order valence-electron chi connectivity index (χ0n) is 31.9. The molecule has 0 unspecified atom stereocenters. The van der Waals surface area contributed by atoms with E-state index in [4.69, 9.17) is 4.98 Å². The van der Waals surface area contributed by atoms with Crippen LogP contribution in [-0.4, -0.2) is 14.2 Å². The minimum Gasteiger partial charge on any atom is -0.331 e. The first kappa shape index (κ1) is 32.4. The number of fused-ring (bicyclic) bond motifs is 6. The summed E-state index contributed by atoms with van der Waals surface area (Å²) in [6.45, 7) is 2.07. The minimum atomic E-state index is 1.01. The summed E-state index contributed by atoms with van der Waals surface area (Å²) in [4.78, 5) is 4.83. The fourth-order valence-corrected chi connectivity index (χ4v) is 9.29. The summed E-state index contributed by atoms with van der Waals surface area (Å²) in [5, 5.41) is 11.2. The Bertz CT molecular complexity index is 3200. The van der Waals surface area contributed by atoms with Gasteiger partial charge in [-0.05, 0) is 125 Å². The van der Waals surface area contributed by atoms with Crippen molar-refractivity contribution in [3.05, 3.63) is 170 Å². The van der Waals surface area contributed by atoms with E-state index in [1.54, 1.807) is 0 Å². The Labute approximate surface area is 325 Å². The molecule has 0 saturated heterocycles. The molecular formula is C52H39N4+. The Morgan fingerprint density at radius 3 is 1.55 bits per heavy atom. The standard InChI is InChI=1S/C52H39N4/c1-32-53-47-27-26-35(29-49(47)55(32)3)38-21-13-23-44-46(38)30-45-37(34-24-25-36-31-54(2)56(4)48(36)28-34)20-12-22-43(45)52(44)51-41-18-10-8-16-39(41)50(33-14-6-5-7-15-33)40-17-9-11-19-42(40)51/h5-31H,1-4H3/q+1. The molecule has 0 aliphatic carbocycles. The number of nitrogens with zero attached hydrogens (tertiary/aromatic N) is 4. The summed E-state index contributed by atoms with van der Waals surface area (Å²) in [5.41, 5.74) is 13.2. The van der Waals surface area contributed by atoms with E-state index in [1.165, 1.54) is 98.5 Å². The molecule has 9 aromatic carbocycles. The molecular weight excluding hydrogens is 681 g/mol. The molecule has 0 atom stereocenters. The van der Waals surface area contributed by atoms with Crippen molar-refractivity contribution < 1.29 is 4.68 Å². The summed E-state index contributed by atoms with van der Waals surface area (Å²) in [5.74, 6) is 1.01. The second-order valence-corrected chi connectivity index (χ2v) is 15.2. The highest BCUT2D eigenvalue weighted by molar-refractivity contribution is 6.29. The lowest BCUT2D eigenvalue weighted by atomic mass is 9.81. The summed E-state index contributed by atoms with van der Waals surface area (Å²) >= 11 is 0. The highest BCUT2D eigenvalue weighted by Gasteiger charge is 2.22. The number of aromatic nitrogens is 4. The van der Waals surface area contributed by atoms with Crippen LogP contribution in [0.25, 0.3) is 110 Å². The average molecular weight is 720 g/mol. The van der Waals surface area contributed by atoms with Gasteiger partial charge in [0.2, 0.25) is 6.20 Å². The molecule has 4 nitrogen and oxygen atoms in total. The van der Waals surface area contributed by atoms with Gasteiger partial charge in [-0.2, -0.15) is 4.68 Å². The summed E-state index contributed by atoms with van der Waals surface area (Å²) in [6.07, 6.45) is 2.19. The van der Waals surface area contributed by atoms with Crippen LogP contribution in [0.1, 0.15) is 5.82 Å². The average Bonchev–Trinajstić information content (AvgIpc) is 3.69. The predicted molar refractivity (Wildman–Crippen MR) is 235 cm³/mol. The Morgan fingerprint density at radius 1 is 0.446 bits per heavy atom. The molecule has 0 radical (unpaired) electrons. The molecule has 0 N–H and O–H groups in total. The molecule has 11 rings (SSSR count). The van der Waals surface area contributed by atoms with Gasteiger partial charge in [0.25, 0.3) is 0 Å². The minimum absolute atomic E-state index is 1.01. The van der Waals surface area contributed by atoms with Gasteiger partial charge < -0.3 is 4.57 Å². The fraction of sp³-hybridized carbons (Fsp3) is 0.0769. The van der Waals surface area contributed by atoms with Gasteiger partial charge in [-0.25, -0.2) is 4.98 Å². The van der Waals surface area contributed by atoms with E-state index < -0.39 is 0 Å². The molecule has 0 spiro atoms. The largest absolute Gasteiger partial charge is 0.331 e. The first-order valence-corrected chi connectivity index (χ1v) is 19.3. The van der Waals surface area contributed by atoms with Gasteiger partial charge in [0, 0.05) is 7.05 Å². The molecule has 266 valence electrons. The van der Waals surface area contributed by atoms with Crippen LogP contribution in [0.5, 0.6) is 0 Å². The van der Waals surface area contributed by atoms with Crippen molar-refractivity contribution in [3.63, 3.8) is 0 Å². The third-order valence-electron chi connectivity index (χ3n) is 12.2. The van der Waals surface area contributed by atoms with Crippen LogP contribution in [-0.2, 0) is 21.1 Å². The van der Waals surface area contributed by atoms with E-state index in [0.29, 0.717) is 0 Å². The van der Waals surface area contributed by atoms with E-state index in [-0.39, 0.29) is 0 Å². The molecule has 0 aliphatic rings. The number of hydrogen-bond acceptors (Lipinski definition) is 1. The molecule has 0 saturated carbocycles. The SMILES string of the molecule is Cc1nc2ccc(-c3cccc4c(-c5c6ccccc6c(-c6ccccc6)c6ccccc56)c5cccc(-c6ccc7c[n+](C)n(C)c7c6)c5cc34)cc2n1C. The fourth-order valence-electron chi connectivity index (χ4n) is 9.29. The summed E-state index contributed by atoms with van der Waals surface area (Å²) in [7, 11) is 6.33. The summed E-state index contributed by atoms with van der Waals surface area (Å²) in [6, 6.07) is 58.7. The van der Waals surface area contributed by atoms with Gasteiger partial charge in [0.05, 0.1) is 23.5 Å². The van der Waals surface area contributed by atoms with Crippen LogP contribution < -0.4 is 4.68 Å². The predicted octanol–water partition coefficient (Wildman–Crippen LogP) is 12.5. The first-order valence-electron chi connectivity index (χ1n) is 19.3. The van der Waals surface area contributed by atoms with Crippen molar-refractivity contribution in [2.24, 2.45) is 21.1 Å². The Morgan fingerprint density at radius 2 is 0.946 bits per heavy atom. The lowest BCUT2D eigenvalue weighted by molar-refractivity contribution is -0.748. The number of aryl methyl sites for hydroxylation is 4. The number of benzene rings is 9. The normalized spacial score (nSPS) is 11.9. The molecule has 2 heterocycles. The maximum absolute atomic E-state index is 4.83. The van der Waals surface area contributed by atoms with E-state index in [2.05, 4.69) is 206 Å². The van der Waals surface area contributed by atoms with Gasteiger partial charge in [-0.3, -0.25) is 0 Å². The molecule has 11 aromatic rings. The molecule has 0 aliphatic heterocycles. The number of imidazole rings is 1. The lowest BCUT2D eigenvalue weighted by Gasteiger charge is -2.22. The Kier molecular flexibility index (Phi) is 7.08. The molecule has 0 amide bonds. The first-order chi connectivity index (χ1) is 27.4. The van der Waals surface area contributed by atoms with Crippen LogP contribution in [0.4, 0.5) is 0 Å². The third-order valence-corrected chi connectivity index (χ3v) is 12.2. The van der Waals surface area contributed by atoms with Crippen molar-refractivity contribution in [1.29, 1.82) is 0 Å². The van der Waals surface area contributed by atoms with Gasteiger partial charge in [0.15, 0.2) is 7.05 Å². The van der Waals surface area contributed by atoms with Crippen molar-refractivity contribution >= 4 is 65.0 Å². The van der Waals surface area contributed by atoms with E-state index in [1.807, 2.05) is 0 Å². The Balaban J connectivity index is 1.31. The van der Waals surface area contributed by atoms with E-state index in [9.17, 15) is 0 Å². The second kappa shape index (κ2) is 12.2. The van der Waals surface area contributed by atoms with Gasteiger partial charge in [-0.1, -0.05) is 127 Å². The maximum atomic E-state index is 4.83. The monoisotopic (exact) mass is 719 g/mol. The third kappa shape index (κ3) is 4.72. The van der Waals surface area contributed by atoms with E-state index >= 15 is 0 Å². The maximum Gasteiger partial charge on any atom is 0.203 e. The quantitative estimate of drug-likeness (QED) is 0.131. The topological polar surface area (TPSA) is 26.6 Å². The van der Waals surface area contributed by atoms with Crippen molar-refractivity contribution in [2.75, 3.05) is 0 Å². The highest BCUT2D eigenvalue weighted by atomic mass is 15.4. The summed E-state index contributed by atoms with van der Waals surface area (Å²) < 4.78 is 6.55. The van der Waals surface area contributed by atoms with Gasteiger partial charge in [0.1, 0.15) is 11.3 Å². The number of hydrogen-bond donors (Lipinski definition) is 0. The molecule has 56 heavy (non-hydrogen) atoms. The molecule has 0 fully saturated rings. The zero-order valence-corrected chi connectivity index (χ0v) is 31.9. The van der Waals surface area contributed by atoms with Crippen LogP contribution in [0.3, 0.4) is 0 Å².